The number of rotatable bonds is 4. The Morgan fingerprint density at radius 3 is 2.62 bits per heavy atom. The van der Waals surface area contributed by atoms with Gasteiger partial charge in [-0.25, -0.2) is 0 Å². The fourth-order valence-corrected chi connectivity index (χ4v) is 3.14. The molecule has 0 radical (unpaired) electrons. The zero-order valence-electron chi connectivity index (χ0n) is 14.3. The molecule has 1 aromatic carbocycles. The summed E-state index contributed by atoms with van der Waals surface area (Å²) < 4.78 is 0. The molecule has 3 rings (SSSR count). The van der Waals surface area contributed by atoms with E-state index in [-0.39, 0.29) is 22.7 Å². The Morgan fingerprint density at radius 2 is 2.04 bits per heavy atom. The van der Waals surface area contributed by atoms with Gasteiger partial charge < -0.3 is 10.4 Å². The van der Waals surface area contributed by atoms with Crippen molar-refractivity contribution < 1.29 is 19.8 Å². The highest BCUT2D eigenvalue weighted by Crippen LogP contribution is 2.24. The van der Waals surface area contributed by atoms with E-state index < -0.39 is 0 Å². The molecule has 1 aliphatic rings. The molecule has 0 fully saturated rings. The molecule has 0 saturated carbocycles. The lowest BCUT2D eigenvalue weighted by Gasteiger charge is -2.13. The first-order valence-corrected chi connectivity index (χ1v) is 8.65. The zero-order chi connectivity index (χ0) is 19.1. The lowest BCUT2D eigenvalue weighted by Crippen LogP contribution is -2.87. The minimum absolute atomic E-state index is 0.0323. The highest BCUT2D eigenvalue weighted by Gasteiger charge is 2.27. The first-order chi connectivity index (χ1) is 12.6. The maximum absolute atomic E-state index is 12.1. The van der Waals surface area contributed by atoms with Gasteiger partial charge in [0.25, 0.3) is 11.8 Å². The van der Waals surface area contributed by atoms with Crippen molar-refractivity contribution in [3.05, 3.63) is 51.7 Å². The summed E-state index contributed by atoms with van der Waals surface area (Å²) in [6.07, 6.45) is 0.437. The molecule has 2 aromatic rings. The number of anilines is 1. The van der Waals surface area contributed by atoms with Crippen molar-refractivity contribution in [1.29, 1.82) is 0 Å². The maximum Gasteiger partial charge on any atom is 0.275 e. The summed E-state index contributed by atoms with van der Waals surface area (Å²) in [6, 6.07) is 8.77. The van der Waals surface area contributed by atoms with Crippen molar-refractivity contribution in [3.63, 3.8) is 0 Å². The third kappa shape index (κ3) is 4.58. The van der Waals surface area contributed by atoms with Crippen molar-refractivity contribution in [1.82, 2.24) is 5.43 Å². The third-order valence-electron chi connectivity index (χ3n) is 3.71. The number of hydrogen-bond donors (Lipinski definition) is 4. The van der Waals surface area contributed by atoms with Gasteiger partial charge in [0.05, 0.1) is 11.5 Å². The van der Waals surface area contributed by atoms with E-state index in [1.807, 2.05) is 19.1 Å². The third-order valence-corrected chi connectivity index (χ3v) is 4.52. The minimum Gasteiger partial charge on any atom is -0.400 e. The molecule has 0 bridgehead atoms. The standard InChI is InChI=1S/C16H14N4O3S.CH4O/c1-9-6-13(21)18-19-15(9)10-2-4-12(5-3-10)17-16(22)11-7-14(20-23)24-8-11;1-2/h2-5,7-9H,6H2,1H3,(H,17,22)(H,18,21);2H,1H3/p+1. The van der Waals surface area contributed by atoms with Crippen LogP contribution in [0.1, 0.15) is 29.3 Å². The molecule has 1 aromatic heterocycles. The lowest BCUT2D eigenvalue weighted by atomic mass is 9.94. The van der Waals surface area contributed by atoms with E-state index in [2.05, 4.69) is 21.0 Å². The second kappa shape index (κ2) is 8.97. The Bertz CT molecular complexity index is 830. The summed E-state index contributed by atoms with van der Waals surface area (Å²) >= 11 is 1.12. The Balaban J connectivity index is 0.00000117. The molecule has 8 nitrogen and oxygen atoms in total. The van der Waals surface area contributed by atoms with Crippen LogP contribution in [0.25, 0.3) is 0 Å². The van der Waals surface area contributed by atoms with Gasteiger partial charge in [0, 0.05) is 30.2 Å². The molecule has 0 aliphatic carbocycles. The van der Waals surface area contributed by atoms with E-state index in [0.29, 0.717) is 17.7 Å². The van der Waals surface area contributed by atoms with Crippen LogP contribution in [0, 0.1) is 10.8 Å². The first-order valence-electron chi connectivity index (χ1n) is 7.77. The van der Waals surface area contributed by atoms with Crippen LogP contribution in [-0.4, -0.2) is 29.7 Å². The van der Waals surface area contributed by atoms with Gasteiger partial charge in [0.1, 0.15) is 0 Å². The van der Waals surface area contributed by atoms with Crippen LogP contribution in [-0.2, 0) is 4.79 Å². The van der Waals surface area contributed by atoms with Crippen LogP contribution in [0.4, 0.5) is 10.7 Å². The number of hydrazone groups is 1. The van der Waals surface area contributed by atoms with E-state index >= 15 is 0 Å². The molecule has 9 heteroatoms. The SMILES string of the molecule is CC1CC(=O)N[NH+]=C1c1ccc(NC(=O)c2csc(N=O)c2)cc1.CO. The normalized spacial score (nSPS) is 15.9. The summed E-state index contributed by atoms with van der Waals surface area (Å²) in [7, 11) is 1.00. The van der Waals surface area contributed by atoms with Gasteiger partial charge in [0.2, 0.25) is 5.71 Å². The van der Waals surface area contributed by atoms with E-state index in [0.717, 1.165) is 29.7 Å². The Labute approximate surface area is 153 Å². The van der Waals surface area contributed by atoms with Gasteiger partial charge >= 0.3 is 0 Å². The molecular formula is C17H19N4O4S+. The number of nitroso groups, excluding NO2 is 1. The van der Waals surface area contributed by atoms with Crippen molar-refractivity contribution in [2.75, 3.05) is 12.4 Å². The average molecular weight is 375 g/mol. The molecule has 136 valence electrons. The van der Waals surface area contributed by atoms with Crippen LogP contribution >= 0.6 is 11.3 Å². The van der Waals surface area contributed by atoms with Crippen LogP contribution < -0.4 is 15.8 Å². The lowest BCUT2D eigenvalue weighted by molar-refractivity contribution is -0.516. The van der Waals surface area contributed by atoms with E-state index in [1.54, 1.807) is 17.5 Å². The van der Waals surface area contributed by atoms with Crippen LogP contribution in [0.2, 0.25) is 0 Å². The predicted octanol–water partition coefficient (Wildman–Crippen LogP) is 0.948. The number of aliphatic hydroxyl groups excluding tert-OH is 1. The quantitative estimate of drug-likeness (QED) is 0.594. The maximum atomic E-state index is 12.1. The average Bonchev–Trinajstić information content (AvgIpc) is 3.14. The molecule has 0 saturated heterocycles. The molecular weight excluding hydrogens is 356 g/mol. The monoisotopic (exact) mass is 375 g/mol. The Kier molecular flexibility index (Phi) is 6.70. The van der Waals surface area contributed by atoms with Crippen molar-refractivity contribution in [2.24, 2.45) is 11.1 Å². The van der Waals surface area contributed by atoms with Crippen LogP contribution in [0.15, 0.2) is 40.9 Å². The van der Waals surface area contributed by atoms with Crippen molar-refractivity contribution >= 4 is 39.6 Å². The van der Waals surface area contributed by atoms with Crippen LogP contribution in [0.3, 0.4) is 0 Å². The van der Waals surface area contributed by atoms with Gasteiger partial charge in [-0.3, -0.25) is 9.59 Å². The fraction of sp³-hybridized carbons (Fsp3) is 0.235. The number of aliphatic hydroxyl groups is 1. The molecule has 1 aliphatic heterocycles. The zero-order valence-corrected chi connectivity index (χ0v) is 15.1. The largest absolute Gasteiger partial charge is 0.400 e. The van der Waals surface area contributed by atoms with Crippen LogP contribution in [0.5, 0.6) is 0 Å². The number of nitrogens with zero attached hydrogens (tertiary/aromatic N) is 1. The predicted molar refractivity (Wildman–Crippen MR) is 99.3 cm³/mol. The summed E-state index contributed by atoms with van der Waals surface area (Å²) in [5.74, 6) is -0.229. The minimum atomic E-state index is -0.294. The fourth-order valence-electron chi connectivity index (χ4n) is 2.48. The Morgan fingerprint density at radius 1 is 1.35 bits per heavy atom. The highest BCUT2D eigenvalue weighted by molar-refractivity contribution is 7.14. The second-order valence-electron chi connectivity index (χ2n) is 5.49. The summed E-state index contributed by atoms with van der Waals surface area (Å²) in [5, 5.41) is 17.4. The summed E-state index contributed by atoms with van der Waals surface area (Å²) in [5.41, 5.74) is 5.54. The Hall–Kier alpha value is -2.91. The second-order valence-corrected chi connectivity index (χ2v) is 6.38. The summed E-state index contributed by atoms with van der Waals surface area (Å²) in [4.78, 5) is 33.9. The van der Waals surface area contributed by atoms with Crippen molar-refractivity contribution in [2.45, 2.75) is 13.3 Å². The van der Waals surface area contributed by atoms with E-state index in [9.17, 15) is 14.5 Å². The van der Waals surface area contributed by atoms with Gasteiger partial charge in [-0.1, -0.05) is 6.92 Å². The number of nitrogens with one attached hydrogen (secondary N) is 3. The van der Waals surface area contributed by atoms with Gasteiger partial charge in [-0.2, -0.15) is 0 Å². The van der Waals surface area contributed by atoms with Crippen molar-refractivity contribution in [3.8, 4) is 0 Å². The molecule has 4 N–H and O–H groups in total. The van der Waals surface area contributed by atoms with Gasteiger partial charge in [-0.15, -0.1) is 26.8 Å². The molecule has 1 unspecified atom stereocenters. The molecule has 2 heterocycles. The smallest absolute Gasteiger partial charge is 0.275 e. The number of carbonyl (C=O) groups excluding carboxylic acids is 2. The molecule has 1 atom stereocenters. The first kappa shape index (κ1) is 19.4. The number of amides is 2. The molecule has 2 amide bonds. The highest BCUT2D eigenvalue weighted by atomic mass is 32.1. The van der Waals surface area contributed by atoms with E-state index in [4.69, 9.17) is 5.11 Å². The number of hydrogen-bond acceptors (Lipinski definition) is 6. The number of benzene rings is 1. The molecule has 0 spiro atoms. The molecule has 26 heavy (non-hydrogen) atoms. The summed E-state index contributed by atoms with van der Waals surface area (Å²) in [6.45, 7) is 1.98. The van der Waals surface area contributed by atoms with Gasteiger partial charge in [-0.05, 0) is 35.5 Å². The number of thiophene rings is 1. The van der Waals surface area contributed by atoms with E-state index in [1.165, 1.54) is 6.07 Å². The number of hydrazine groups is 1. The van der Waals surface area contributed by atoms with Gasteiger partial charge in [0.15, 0.2) is 5.00 Å². The number of carbonyl (C=O) groups is 2. The topological polar surface area (TPSA) is 122 Å².